The van der Waals surface area contributed by atoms with Gasteiger partial charge >= 0.3 is 0 Å². The molecule has 1 aromatic carbocycles. The van der Waals surface area contributed by atoms with Crippen molar-refractivity contribution in [2.75, 3.05) is 19.6 Å². The number of hydrazine groups is 1. The predicted molar refractivity (Wildman–Crippen MR) is 114 cm³/mol. The summed E-state index contributed by atoms with van der Waals surface area (Å²) in [5.74, 6) is -0.0215. The highest BCUT2D eigenvalue weighted by Gasteiger charge is 2.36. The fourth-order valence-corrected chi connectivity index (χ4v) is 4.25. The molecule has 3 heterocycles. The Morgan fingerprint density at radius 3 is 2.80 bits per heavy atom. The van der Waals surface area contributed by atoms with Crippen LogP contribution in [0.15, 0.2) is 54.9 Å². The van der Waals surface area contributed by atoms with E-state index >= 15 is 0 Å². The first-order chi connectivity index (χ1) is 14.7. The summed E-state index contributed by atoms with van der Waals surface area (Å²) in [6.45, 7) is 1.82. The van der Waals surface area contributed by atoms with Gasteiger partial charge in [-0.25, -0.2) is 10.9 Å². The van der Waals surface area contributed by atoms with E-state index in [9.17, 15) is 9.59 Å². The van der Waals surface area contributed by atoms with Gasteiger partial charge in [0.1, 0.15) is 6.04 Å². The van der Waals surface area contributed by atoms with E-state index in [0.717, 1.165) is 24.8 Å². The van der Waals surface area contributed by atoms with Crippen LogP contribution in [0.5, 0.6) is 0 Å². The molecule has 0 aliphatic carbocycles. The third-order valence-corrected chi connectivity index (χ3v) is 5.95. The van der Waals surface area contributed by atoms with Crippen molar-refractivity contribution in [3.05, 3.63) is 66.0 Å². The van der Waals surface area contributed by atoms with Crippen molar-refractivity contribution in [2.45, 2.75) is 37.8 Å². The second-order valence-corrected chi connectivity index (χ2v) is 8.07. The number of amides is 2. The number of aromatic nitrogens is 1. The molecule has 30 heavy (non-hydrogen) atoms. The predicted octanol–water partition coefficient (Wildman–Crippen LogP) is 1.59. The van der Waals surface area contributed by atoms with Crippen molar-refractivity contribution in [1.82, 2.24) is 26.1 Å². The first kappa shape index (κ1) is 20.5. The average Bonchev–Trinajstić information content (AvgIpc) is 3.30. The van der Waals surface area contributed by atoms with Crippen molar-refractivity contribution >= 4 is 11.8 Å². The van der Waals surface area contributed by atoms with E-state index in [1.807, 2.05) is 41.4 Å². The fourth-order valence-electron chi connectivity index (χ4n) is 4.25. The third-order valence-electron chi connectivity index (χ3n) is 5.95. The van der Waals surface area contributed by atoms with E-state index in [-0.39, 0.29) is 29.8 Å². The van der Waals surface area contributed by atoms with Crippen LogP contribution in [-0.2, 0) is 16.0 Å². The van der Waals surface area contributed by atoms with Crippen LogP contribution < -0.4 is 16.2 Å². The van der Waals surface area contributed by atoms with Gasteiger partial charge in [-0.3, -0.25) is 14.6 Å². The van der Waals surface area contributed by atoms with Crippen LogP contribution >= 0.6 is 0 Å². The van der Waals surface area contributed by atoms with E-state index in [0.29, 0.717) is 26.1 Å². The fraction of sp³-hybridized carbons (Fsp3) is 0.435. The number of hydrogen-bond donors (Lipinski definition) is 3. The number of nitrogens with zero attached hydrogens (tertiary/aromatic N) is 2. The summed E-state index contributed by atoms with van der Waals surface area (Å²) in [6.07, 6.45) is 6.74. The highest BCUT2D eigenvalue weighted by atomic mass is 16.2. The van der Waals surface area contributed by atoms with Crippen LogP contribution in [0, 0.1) is 5.92 Å². The first-order valence-corrected chi connectivity index (χ1v) is 10.7. The van der Waals surface area contributed by atoms with E-state index in [1.54, 1.807) is 6.20 Å². The normalized spacial score (nSPS) is 23.9. The number of piperidine rings is 1. The number of benzene rings is 1. The largest absolute Gasteiger partial charge is 0.355 e. The number of hydrogen-bond acceptors (Lipinski definition) is 5. The molecule has 3 N–H and O–H groups in total. The zero-order valence-electron chi connectivity index (χ0n) is 17.1. The molecule has 7 heteroatoms. The molecule has 2 aromatic rings. The van der Waals surface area contributed by atoms with Crippen LogP contribution in [0.25, 0.3) is 0 Å². The number of likely N-dealkylation sites (tertiary alicyclic amines) is 1. The maximum absolute atomic E-state index is 13.0. The van der Waals surface area contributed by atoms with Gasteiger partial charge in [0.05, 0.1) is 5.92 Å². The Labute approximate surface area is 177 Å². The van der Waals surface area contributed by atoms with Crippen molar-refractivity contribution in [3.63, 3.8) is 0 Å². The topological polar surface area (TPSA) is 86.4 Å². The Balaban J connectivity index is 1.26. The van der Waals surface area contributed by atoms with Gasteiger partial charge in [0.15, 0.2) is 0 Å². The smallest absolute Gasteiger partial charge is 0.241 e. The minimum absolute atomic E-state index is 0.0502. The summed E-state index contributed by atoms with van der Waals surface area (Å²) in [7, 11) is 0. The highest BCUT2D eigenvalue weighted by molar-refractivity contribution is 5.84. The average molecular weight is 408 g/mol. The van der Waals surface area contributed by atoms with Crippen LogP contribution in [0.4, 0.5) is 0 Å². The van der Waals surface area contributed by atoms with Gasteiger partial charge in [-0.1, -0.05) is 36.4 Å². The summed E-state index contributed by atoms with van der Waals surface area (Å²) >= 11 is 0. The molecule has 3 atom stereocenters. The molecule has 0 spiro atoms. The maximum atomic E-state index is 13.0. The molecule has 2 aliphatic heterocycles. The van der Waals surface area contributed by atoms with Crippen molar-refractivity contribution in [2.24, 2.45) is 5.92 Å². The van der Waals surface area contributed by atoms with Gasteiger partial charge in [-0.2, -0.15) is 0 Å². The Morgan fingerprint density at radius 1 is 1.13 bits per heavy atom. The van der Waals surface area contributed by atoms with Crippen molar-refractivity contribution in [3.8, 4) is 0 Å². The van der Waals surface area contributed by atoms with Crippen LogP contribution in [-0.4, -0.2) is 47.4 Å². The lowest BCUT2D eigenvalue weighted by Gasteiger charge is -2.33. The molecule has 2 amide bonds. The van der Waals surface area contributed by atoms with Gasteiger partial charge in [0, 0.05) is 38.1 Å². The Morgan fingerprint density at radius 2 is 2.00 bits per heavy atom. The summed E-state index contributed by atoms with van der Waals surface area (Å²) in [6, 6.07) is 13.8. The molecular weight excluding hydrogens is 378 g/mol. The first-order valence-electron chi connectivity index (χ1n) is 10.7. The van der Waals surface area contributed by atoms with Crippen LogP contribution in [0.3, 0.4) is 0 Å². The summed E-state index contributed by atoms with van der Waals surface area (Å²) in [5, 5.41) is 3.05. The van der Waals surface area contributed by atoms with E-state index < -0.39 is 0 Å². The molecule has 2 fully saturated rings. The quantitative estimate of drug-likeness (QED) is 0.677. The van der Waals surface area contributed by atoms with E-state index in [4.69, 9.17) is 0 Å². The van der Waals surface area contributed by atoms with E-state index in [1.165, 1.54) is 5.56 Å². The van der Waals surface area contributed by atoms with Crippen LogP contribution in [0.1, 0.15) is 36.4 Å². The Kier molecular flexibility index (Phi) is 6.71. The van der Waals surface area contributed by atoms with Gasteiger partial charge in [-0.05, 0) is 42.9 Å². The summed E-state index contributed by atoms with van der Waals surface area (Å²) < 4.78 is 0. The molecule has 2 aliphatic rings. The molecule has 1 aromatic heterocycles. The Bertz CT molecular complexity index is 845. The third kappa shape index (κ3) is 5.04. The van der Waals surface area contributed by atoms with Crippen LogP contribution in [0.2, 0.25) is 0 Å². The number of nitrogens with one attached hydrogen (secondary N) is 3. The summed E-state index contributed by atoms with van der Waals surface area (Å²) in [4.78, 5) is 31.6. The number of rotatable bonds is 6. The van der Waals surface area contributed by atoms with Gasteiger partial charge in [0.2, 0.25) is 11.8 Å². The van der Waals surface area contributed by atoms with Gasteiger partial charge in [-0.15, -0.1) is 0 Å². The molecule has 2 saturated heterocycles. The van der Waals surface area contributed by atoms with E-state index in [2.05, 4.69) is 33.3 Å². The molecule has 158 valence electrons. The summed E-state index contributed by atoms with van der Waals surface area (Å²) in [5.41, 5.74) is 8.61. The lowest BCUT2D eigenvalue weighted by atomic mass is 9.95. The zero-order valence-corrected chi connectivity index (χ0v) is 17.1. The zero-order chi connectivity index (χ0) is 20.8. The van der Waals surface area contributed by atoms with Crippen molar-refractivity contribution < 1.29 is 9.59 Å². The van der Waals surface area contributed by atoms with Crippen molar-refractivity contribution in [1.29, 1.82) is 0 Å². The molecule has 0 bridgehead atoms. The molecular formula is C23H29N5O2. The lowest BCUT2D eigenvalue weighted by molar-refractivity contribution is -0.137. The Hall–Kier alpha value is -2.77. The van der Waals surface area contributed by atoms with Gasteiger partial charge < -0.3 is 10.2 Å². The lowest BCUT2D eigenvalue weighted by Crippen LogP contribution is -2.51. The molecule has 4 rings (SSSR count). The minimum Gasteiger partial charge on any atom is -0.355 e. The highest BCUT2D eigenvalue weighted by Crippen LogP contribution is 2.24. The van der Waals surface area contributed by atoms with Gasteiger partial charge in [0.25, 0.3) is 0 Å². The molecule has 0 radical (unpaired) electrons. The molecule has 0 saturated carbocycles. The monoisotopic (exact) mass is 407 g/mol. The second kappa shape index (κ2) is 9.82. The SMILES string of the molecule is O=C(NCCc1ccccc1)C1CCCN(C(=O)C2CC(c3cccnc3)NN2)C1. The second-order valence-electron chi connectivity index (χ2n) is 8.07. The number of carbonyl (C=O) groups excluding carboxylic acids is 2. The standard InChI is InChI=1S/C23H29N5O2/c29-22(25-12-10-17-6-2-1-3-7-17)19-9-5-13-28(16-19)23(30)21-14-20(26-27-21)18-8-4-11-24-15-18/h1-4,6-8,11,15,19-21,26-27H,5,9-10,12-14,16H2,(H,25,29). The molecule has 7 nitrogen and oxygen atoms in total. The maximum Gasteiger partial charge on any atom is 0.241 e. The minimum atomic E-state index is -0.282. The molecule has 3 unspecified atom stereocenters. The number of carbonyl (C=O) groups is 2. The number of pyridine rings is 1.